The number of nitrogens with one attached hydrogen (secondary N) is 1. The first-order chi connectivity index (χ1) is 10.2. The molecule has 0 spiro atoms. The van der Waals surface area contributed by atoms with Crippen molar-refractivity contribution in [2.45, 2.75) is 6.92 Å². The predicted molar refractivity (Wildman–Crippen MR) is 80.8 cm³/mol. The van der Waals surface area contributed by atoms with E-state index in [4.69, 9.17) is 0 Å². The molecule has 3 rings (SSSR count). The van der Waals surface area contributed by atoms with E-state index in [0.717, 1.165) is 5.56 Å². The number of halogens is 1. The highest BCUT2D eigenvalue weighted by Gasteiger charge is 2.13. The molecule has 1 aromatic heterocycles. The number of amides is 1. The summed E-state index contributed by atoms with van der Waals surface area (Å²) in [5, 5.41) is 3.85. The van der Waals surface area contributed by atoms with E-state index >= 15 is 0 Å². The number of aryl methyl sites for hydroxylation is 1. The summed E-state index contributed by atoms with van der Waals surface area (Å²) in [5.41, 5.74) is 2.01. The minimum Gasteiger partial charge on any atom is -0.320 e. The second-order valence-electron chi connectivity index (χ2n) is 4.79. The van der Waals surface area contributed by atoms with Gasteiger partial charge in [-0.05, 0) is 36.1 Å². The average molecular weight is 280 g/mol. The second kappa shape index (κ2) is 5.32. The summed E-state index contributed by atoms with van der Waals surface area (Å²) in [6, 6.07) is 11.6. The second-order valence-corrected chi connectivity index (χ2v) is 4.79. The lowest BCUT2D eigenvalue weighted by atomic mass is 10.0. The van der Waals surface area contributed by atoms with Gasteiger partial charge in [0.25, 0.3) is 5.91 Å². The molecule has 104 valence electrons. The van der Waals surface area contributed by atoms with Crippen LogP contribution < -0.4 is 5.32 Å². The Kier molecular flexibility index (Phi) is 3.36. The van der Waals surface area contributed by atoms with Gasteiger partial charge >= 0.3 is 0 Å². The predicted octanol–water partition coefficient (Wildman–Crippen LogP) is 3.93. The van der Waals surface area contributed by atoms with E-state index in [1.54, 1.807) is 36.7 Å². The number of anilines is 1. The zero-order valence-electron chi connectivity index (χ0n) is 11.4. The van der Waals surface area contributed by atoms with Gasteiger partial charge in [-0.1, -0.05) is 24.3 Å². The third-order valence-corrected chi connectivity index (χ3v) is 3.40. The van der Waals surface area contributed by atoms with Crippen molar-refractivity contribution in [3.63, 3.8) is 0 Å². The van der Waals surface area contributed by atoms with Crippen LogP contribution in [0, 0.1) is 12.7 Å². The molecule has 0 unspecified atom stereocenters. The van der Waals surface area contributed by atoms with Crippen LogP contribution in [0.15, 0.2) is 54.9 Å². The normalized spacial score (nSPS) is 10.6. The average Bonchev–Trinajstić information content (AvgIpc) is 2.50. The first-order valence-electron chi connectivity index (χ1n) is 6.56. The minimum absolute atomic E-state index is 0.276. The fourth-order valence-electron chi connectivity index (χ4n) is 2.24. The maximum Gasteiger partial charge on any atom is 0.256 e. The van der Waals surface area contributed by atoms with Gasteiger partial charge in [0, 0.05) is 17.1 Å². The molecule has 0 bridgehead atoms. The Morgan fingerprint density at radius 3 is 2.62 bits per heavy atom. The molecule has 3 nitrogen and oxygen atoms in total. The lowest BCUT2D eigenvalue weighted by Crippen LogP contribution is -2.13. The van der Waals surface area contributed by atoms with Crippen LogP contribution in [-0.2, 0) is 0 Å². The summed E-state index contributed by atoms with van der Waals surface area (Å²) in [6.07, 6.45) is 3.26. The Hall–Kier alpha value is -2.75. The SMILES string of the molecule is Cc1ccncc1NC(=O)c1ccc(F)c2ccccc12. The summed E-state index contributed by atoms with van der Waals surface area (Å²) < 4.78 is 13.8. The summed E-state index contributed by atoms with van der Waals surface area (Å²) in [5.74, 6) is -0.609. The quantitative estimate of drug-likeness (QED) is 0.772. The summed E-state index contributed by atoms with van der Waals surface area (Å²) in [7, 11) is 0. The van der Waals surface area contributed by atoms with Crippen molar-refractivity contribution in [3.8, 4) is 0 Å². The molecule has 3 aromatic rings. The molecule has 1 heterocycles. The van der Waals surface area contributed by atoms with Crippen LogP contribution in [0.25, 0.3) is 10.8 Å². The lowest BCUT2D eigenvalue weighted by molar-refractivity contribution is 0.102. The maximum absolute atomic E-state index is 13.8. The number of fused-ring (bicyclic) bond motifs is 1. The smallest absolute Gasteiger partial charge is 0.256 e. The molecule has 0 atom stereocenters. The topological polar surface area (TPSA) is 42.0 Å². The van der Waals surface area contributed by atoms with Crippen LogP contribution in [0.4, 0.5) is 10.1 Å². The number of aromatic nitrogens is 1. The monoisotopic (exact) mass is 280 g/mol. The van der Waals surface area contributed by atoms with Crippen LogP contribution in [0.5, 0.6) is 0 Å². The van der Waals surface area contributed by atoms with E-state index in [0.29, 0.717) is 22.0 Å². The number of hydrogen-bond acceptors (Lipinski definition) is 2. The van der Waals surface area contributed by atoms with Gasteiger partial charge in [-0.15, -0.1) is 0 Å². The molecule has 4 heteroatoms. The van der Waals surface area contributed by atoms with Crippen LogP contribution in [0.1, 0.15) is 15.9 Å². The van der Waals surface area contributed by atoms with Crippen molar-refractivity contribution < 1.29 is 9.18 Å². The third kappa shape index (κ3) is 2.48. The minimum atomic E-state index is -0.334. The molecule has 0 saturated heterocycles. The first-order valence-corrected chi connectivity index (χ1v) is 6.56. The molecule has 1 N–H and O–H groups in total. The molecule has 0 aliphatic rings. The van der Waals surface area contributed by atoms with Crippen LogP contribution in [-0.4, -0.2) is 10.9 Å². The number of rotatable bonds is 2. The standard InChI is InChI=1S/C17H13FN2O/c1-11-8-9-19-10-16(11)20-17(21)14-6-7-15(18)13-5-3-2-4-12(13)14/h2-10H,1H3,(H,20,21). The fourth-order valence-corrected chi connectivity index (χ4v) is 2.24. The molecule has 0 aliphatic heterocycles. The fraction of sp³-hybridized carbons (Fsp3) is 0.0588. The lowest BCUT2D eigenvalue weighted by Gasteiger charge is -2.10. The molecular formula is C17H13FN2O. The molecular weight excluding hydrogens is 267 g/mol. The van der Waals surface area contributed by atoms with Crippen molar-refractivity contribution in [2.75, 3.05) is 5.32 Å². The number of pyridine rings is 1. The highest BCUT2D eigenvalue weighted by molar-refractivity contribution is 6.13. The summed E-state index contributed by atoms with van der Waals surface area (Å²) >= 11 is 0. The van der Waals surface area contributed by atoms with Gasteiger partial charge in [0.05, 0.1) is 11.9 Å². The van der Waals surface area contributed by atoms with Gasteiger partial charge in [-0.25, -0.2) is 4.39 Å². The Labute approximate surface area is 121 Å². The van der Waals surface area contributed by atoms with Gasteiger partial charge in [-0.2, -0.15) is 0 Å². The highest BCUT2D eigenvalue weighted by Crippen LogP contribution is 2.23. The number of hydrogen-bond donors (Lipinski definition) is 1. The first kappa shape index (κ1) is 13.2. The third-order valence-electron chi connectivity index (χ3n) is 3.40. The van der Waals surface area contributed by atoms with Crippen molar-refractivity contribution in [3.05, 3.63) is 71.8 Å². The van der Waals surface area contributed by atoms with Crippen LogP contribution >= 0.6 is 0 Å². The number of nitrogens with zero attached hydrogens (tertiary/aromatic N) is 1. The molecule has 2 aromatic carbocycles. The molecule has 0 radical (unpaired) electrons. The van der Waals surface area contributed by atoms with Crippen molar-refractivity contribution >= 4 is 22.4 Å². The number of benzene rings is 2. The van der Waals surface area contributed by atoms with Crippen molar-refractivity contribution in [1.82, 2.24) is 4.98 Å². The van der Waals surface area contributed by atoms with Gasteiger partial charge in [0.2, 0.25) is 0 Å². The molecule has 0 aliphatic carbocycles. The van der Waals surface area contributed by atoms with E-state index in [9.17, 15) is 9.18 Å². The van der Waals surface area contributed by atoms with Crippen LogP contribution in [0.2, 0.25) is 0 Å². The van der Waals surface area contributed by atoms with Gasteiger partial charge in [0.15, 0.2) is 0 Å². The van der Waals surface area contributed by atoms with Gasteiger partial charge < -0.3 is 5.32 Å². The Bertz CT molecular complexity index is 830. The molecule has 0 fully saturated rings. The number of carbonyl (C=O) groups is 1. The largest absolute Gasteiger partial charge is 0.320 e. The highest BCUT2D eigenvalue weighted by atomic mass is 19.1. The van der Waals surface area contributed by atoms with Crippen molar-refractivity contribution in [1.29, 1.82) is 0 Å². The number of carbonyl (C=O) groups excluding carboxylic acids is 1. The molecule has 21 heavy (non-hydrogen) atoms. The van der Waals surface area contributed by atoms with Gasteiger partial charge in [-0.3, -0.25) is 9.78 Å². The van der Waals surface area contributed by atoms with E-state index in [1.807, 2.05) is 13.0 Å². The van der Waals surface area contributed by atoms with Crippen molar-refractivity contribution in [2.24, 2.45) is 0 Å². The van der Waals surface area contributed by atoms with E-state index < -0.39 is 0 Å². The van der Waals surface area contributed by atoms with E-state index in [-0.39, 0.29) is 11.7 Å². The maximum atomic E-state index is 13.8. The van der Waals surface area contributed by atoms with E-state index in [2.05, 4.69) is 10.3 Å². The Balaban J connectivity index is 2.03. The summed E-state index contributed by atoms with van der Waals surface area (Å²) in [6.45, 7) is 1.89. The molecule has 0 saturated carbocycles. The Morgan fingerprint density at radius 1 is 1.10 bits per heavy atom. The Morgan fingerprint density at radius 2 is 1.86 bits per heavy atom. The van der Waals surface area contributed by atoms with Crippen LogP contribution in [0.3, 0.4) is 0 Å². The zero-order valence-corrected chi connectivity index (χ0v) is 11.4. The summed E-state index contributed by atoms with van der Waals surface area (Å²) in [4.78, 5) is 16.4. The zero-order chi connectivity index (χ0) is 14.8. The van der Waals surface area contributed by atoms with Gasteiger partial charge in [0.1, 0.15) is 5.82 Å². The van der Waals surface area contributed by atoms with E-state index in [1.165, 1.54) is 12.1 Å². The molecule has 1 amide bonds.